The van der Waals surface area contributed by atoms with Crippen molar-refractivity contribution < 1.29 is 14.3 Å². The van der Waals surface area contributed by atoms with E-state index in [0.29, 0.717) is 21.9 Å². The molecule has 1 aliphatic heterocycles. The normalized spacial score (nSPS) is 15.5. The fraction of sp³-hybridized carbons (Fsp3) is 0.0588. The largest absolute Gasteiger partial charge is 0.497 e. The molecule has 2 aromatic rings. The molecule has 0 fully saturated rings. The maximum atomic E-state index is 12.0. The highest BCUT2D eigenvalue weighted by Crippen LogP contribution is 2.28. The number of esters is 1. The van der Waals surface area contributed by atoms with Gasteiger partial charge in [-0.2, -0.15) is 0 Å². The maximum absolute atomic E-state index is 12.0. The number of hydrogen-bond donors (Lipinski definition) is 0. The van der Waals surface area contributed by atoms with E-state index in [2.05, 4.69) is 20.9 Å². The number of carbonyl (C=O) groups excluding carboxylic acids is 1. The second-order valence-electron chi connectivity index (χ2n) is 4.70. The maximum Gasteiger partial charge on any atom is 0.363 e. The number of ether oxygens (including phenoxy) is 2. The topological polar surface area (TPSA) is 47.9 Å². The number of carbonyl (C=O) groups is 1. The Hall–Kier alpha value is -2.11. The van der Waals surface area contributed by atoms with E-state index in [1.54, 1.807) is 43.5 Å². The zero-order valence-corrected chi connectivity index (χ0v) is 14.4. The highest BCUT2D eigenvalue weighted by Gasteiger charge is 2.25. The van der Waals surface area contributed by atoms with Gasteiger partial charge in [-0.1, -0.05) is 29.8 Å². The Morgan fingerprint density at radius 2 is 2.04 bits per heavy atom. The lowest BCUT2D eigenvalue weighted by Gasteiger charge is -2.05. The quantitative estimate of drug-likeness (QED) is 0.572. The number of methoxy groups -OCH3 is 1. The average Bonchev–Trinajstić information content (AvgIpc) is 2.90. The molecule has 0 atom stereocenters. The van der Waals surface area contributed by atoms with Crippen LogP contribution in [0.15, 0.2) is 57.6 Å². The Morgan fingerprint density at radius 3 is 2.74 bits per heavy atom. The highest BCUT2D eigenvalue weighted by molar-refractivity contribution is 9.10. The van der Waals surface area contributed by atoms with Crippen LogP contribution in [0, 0.1) is 0 Å². The van der Waals surface area contributed by atoms with Gasteiger partial charge in [0.25, 0.3) is 0 Å². The lowest BCUT2D eigenvalue weighted by atomic mass is 10.2. The molecule has 0 unspecified atom stereocenters. The summed E-state index contributed by atoms with van der Waals surface area (Å²) in [5, 5.41) is 0.544. The second-order valence-corrected chi connectivity index (χ2v) is 5.96. The molecular weight excluding hydrogens is 382 g/mol. The Bertz CT molecular complexity index is 845. The van der Waals surface area contributed by atoms with Gasteiger partial charge < -0.3 is 9.47 Å². The molecule has 116 valence electrons. The molecule has 0 N–H and O–H groups in total. The summed E-state index contributed by atoms with van der Waals surface area (Å²) in [6, 6.07) is 12.5. The summed E-state index contributed by atoms with van der Waals surface area (Å²) in [4.78, 5) is 16.3. The molecule has 0 spiro atoms. The molecule has 0 amide bonds. The minimum absolute atomic E-state index is 0.204. The number of hydrogen-bond acceptors (Lipinski definition) is 4. The van der Waals surface area contributed by atoms with E-state index in [4.69, 9.17) is 21.1 Å². The smallest absolute Gasteiger partial charge is 0.363 e. The van der Waals surface area contributed by atoms with E-state index in [1.165, 1.54) is 0 Å². The van der Waals surface area contributed by atoms with Gasteiger partial charge >= 0.3 is 5.97 Å². The summed E-state index contributed by atoms with van der Waals surface area (Å²) in [6.45, 7) is 0. The summed E-state index contributed by atoms with van der Waals surface area (Å²) in [7, 11) is 1.58. The Kier molecular flexibility index (Phi) is 4.50. The van der Waals surface area contributed by atoms with Gasteiger partial charge in [0, 0.05) is 9.50 Å². The van der Waals surface area contributed by atoms with E-state index >= 15 is 0 Å². The van der Waals surface area contributed by atoms with E-state index in [-0.39, 0.29) is 11.6 Å². The summed E-state index contributed by atoms with van der Waals surface area (Å²) in [6.07, 6.45) is 1.61. The van der Waals surface area contributed by atoms with Gasteiger partial charge in [-0.25, -0.2) is 9.79 Å². The van der Waals surface area contributed by atoms with Crippen molar-refractivity contribution in [2.45, 2.75) is 0 Å². The van der Waals surface area contributed by atoms with Gasteiger partial charge in [0.2, 0.25) is 5.90 Å². The number of benzene rings is 2. The van der Waals surface area contributed by atoms with E-state index in [1.807, 2.05) is 12.1 Å². The van der Waals surface area contributed by atoms with Crippen LogP contribution in [-0.2, 0) is 9.53 Å². The van der Waals surface area contributed by atoms with Crippen LogP contribution in [-0.4, -0.2) is 19.0 Å². The summed E-state index contributed by atoms with van der Waals surface area (Å²) < 4.78 is 11.1. The summed E-state index contributed by atoms with van der Waals surface area (Å²) >= 11 is 9.52. The number of aliphatic imine (C=N–C) groups is 1. The van der Waals surface area contributed by atoms with Crippen LogP contribution < -0.4 is 4.74 Å². The van der Waals surface area contributed by atoms with Crippen molar-refractivity contribution in [1.82, 2.24) is 0 Å². The molecule has 1 aliphatic rings. The lowest BCUT2D eigenvalue weighted by Crippen LogP contribution is -2.06. The zero-order chi connectivity index (χ0) is 16.4. The van der Waals surface area contributed by atoms with E-state index in [9.17, 15) is 4.79 Å². The molecular formula is C17H11BrClNO3. The number of cyclic esters (lactones) is 1. The van der Waals surface area contributed by atoms with Crippen molar-refractivity contribution in [1.29, 1.82) is 0 Å². The average molecular weight is 393 g/mol. The molecule has 23 heavy (non-hydrogen) atoms. The molecule has 0 saturated heterocycles. The Balaban J connectivity index is 1.97. The zero-order valence-electron chi connectivity index (χ0n) is 12.0. The summed E-state index contributed by atoms with van der Waals surface area (Å²) in [5.41, 5.74) is 1.58. The molecule has 0 aliphatic carbocycles. The third-order valence-corrected chi connectivity index (χ3v) is 4.22. The summed E-state index contributed by atoms with van der Waals surface area (Å²) in [5.74, 6) is 0.419. The Labute approximate surface area is 146 Å². The lowest BCUT2D eigenvalue weighted by molar-refractivity contribution is -0.129. The van der Waals surface area contributed by atoms with Gasteiger partial charge in [-0.15, -0.1) is 0 Å². The molecule has 0 saturated carbocycles. The molecule has 3 rings (SSSR count). The van der Waals surface area contributed by atoms with Crippen molar-refractivity contribution in [2.24, 2.45) is 4.99 Å². The van der Waals surface area contributed by atoms with Crippen LogP contribution in [0.5, 0.6) is 5.75 Å². The monoisotopic (exact) mass is 391 g/mol. The molecule has 0 radical (unpaired) electrons. The van der Waals surface area contributed by atoms with Gasteiger partial charge in [0.1, 0.15) is 5.75 Å². The van der Waals surface area contributed by atoms with Gasteiger partial charge in [0.15, 0.2) is 5.70 Å². The molecule has 4 nitrogen and oxygen atoms in total. The van der Waals surface area contributed by atoms with Crippen molar-refractivity contribution in [3.8, 4) is 5.75 Å². The van der Waals surface area contributed by atoms with Gasteiger partial charge in [0.05, 0.1) is 12.7 Å². The van der Waals surface area contributed by atoms with E-state index in [0.717, 1.165) is 4.47 Å². The van der Waals surface area contributed by atoms with Crippen molar-refractivity contribution in [2.75, 3.05) is 7.11 Å². The van der Waals surface area contributed by atoms with Crippen LogP contribution in [0.3, 0.4) is 0 Å². The first-order valence-electron chi connectivity index (χ1n) is 6.69. The number of halogens is 2. The van der Waals surface area contributed by atoms with E-state index < -0.39 is 5.97 Å². The fourth-order valence-electron chi connectivity index (χ4n) is 2.06. The first kappa shape index (κ1) is 15.8. The fourth-order valence-corrected chi connectivity index (χ4v) is 2.78. The predicted octanol–water partition coefficient (Wildman–Crippen LogP) is 4.46. The third kappa shape index (κ3) is 3.30. The van der Waals surface area contributed by atoms with Gasteiger partial charge in [-0.3, -0.25) is 0 Å². The predicted molar refractivity (Wildman–Crippen MR) is 92.8 cm³/mol. The van der Waals surface area contributed by atoms with Crippen molar-refractivity contribution >= 4 is 45.5 Å². The molecule has 6 heteroatoms. The van der Waals surface area contributed by atoms with Crippen molar-refractivity contribution in [3.63, 3.8) is 0 Å². The third-order valence-electron chi connectivity index (χ3n) is 3.22. The SMILES string of the molecule is COc1ccc(C2=NC(=Cc3ccccc3Cl)C(=O)O2)c(Br)c1. The number of rotatable bonds is 3. The first-order chi connectivity index (χ1) is 11.1. The minimum Gasteiger partial charge on any atom is -0.497 e. The molecule has 1 heterocycles. The Morgan fingerprint density at radius 1 is 1.26 bits per heavy atom. The van der Waals surface area contributed by atoms with Crippen LogP contribution in [0.1, 0.15) is 11.1 Å². The second kappa shape index (κ2) is 6.56. The van der Waals surface area contributed by atoms with Crippen molar-refractivity contribution in [3.05, 3.63) is 68.8 Å². The molecule has 0 aromatic heterocycles. The number of nitrogens with zero attached hydrogens (tertiary/aromatic N) is 1. The van der Waals surface area contributed by atoms with Crippen LogP contribution in [0.25, 0.3) is 6.08 Å². The van der Waals surface area contributed by atoms with Crippen LogP contribution >= 0.6 is 27.5 Å². The standard InChI is InChI=1S/C17H11BrClNO3/c1-22-11-6-7-12(13(18)9-11)16-20-15(17(21)23-16)8-10-4-2-3-5-14(10)19/h2-9H,1H3. The van der Waals surface area contributed by atoms with Crippen LogP contribution in [0.4, 0.5) is 0 Å². The first-order valence-corrected chi connectivity index (χ1v) is 7.86. The highest BCUT2D eigenvalue weighted by atomic mass is 79.9. The minimum atomic E-state index is -0.511. The molecule has 2 aromatic carbocycles. The van der Waals surface area contributed by atoms with Gasteiger partial charge in [-0.05, 0) is 51.8 Å². The van der Waals surface area contributed by atoms with Crippen LogP contribution in [0.2, 0.25) is 5.02 Å². The molecule has 0 bridgehead atoms.